The zero-order valence-electron chi connectivity index (χ0n) is 14.2. The van der Waals surface area contributed by atoms with E-state index in [-0.39, 0.29) is 5.56 Å². The third kappa shape index (κ3) is 3.96. The molecule has 0 bridgehead atoms. The number of hydrogen-bond acceptors (Lipinski definition) is 5. The highest BCUT2D eigenvalue weighted by Crippen LogP contribution is 2.21. The topological polar surface area (TPSA) is 128 Å². The third-order valence-electron chi connectivity index (χ3n) is 3.67. The summed E-state index contributed by atoms with van der Waals surface area (Å²) in [6, 6.07) is 16.6. The summed E-state index contributed by atoms with van der Waals surface area (Å²) in [6.07, 6.45) is 0. The maximum atomic E-state index is 12.7. The molecule has 0 radical (unpaired) electrons. The molecule has 8 nitrogen and oxygen atoms in total. The van der Waals surface area contributed by atoms with Crippen LogP contribution in [0.4, 0.5) is 11.4 Å². The summed E-state index contributed by atoms with van der Waals surface area (Å²) >= 11 is 0. The van der Waals surface area contributed by atoms with Gasteiger partial charge in [0.25, 0.3) is 15.9 Å². The van der Waals surface area contributed by atoms with Gasteiger partial charge in [-0.15, -0.1) is 0 Å². The van der Waals surface area contributed by atoms with Gasteiger partial charge in [0.05, 0.1) is 11.6 Å². The Morgan fingerprint density at radius 2 is 1.81 bits per heavy atom. The molecule has 1 aromatic heterocycles. The number of anilines is 2. The molecule has 27 heavy (non-hydrogen) atoms. The van der Waals surface area contributed by atoms with Crippen LogP contribution in [0.2, 0.25) is 0 Å². The van der Waals surface area contributed by atoms with Crippen LogP contribution in [0.3, 0.4) is 0 Å². The van der Waals surface area contributed by atoms with Gasteiger partial charge in [-0.25, -0.2) is 0 Å². The number of carbonyl (C=O) groups excluding carboxylic acids is 1. The maximum absolute atomic E-state index is 12.7. The van der Waals surface area contributed by atoms with Gasteiger partial charge >= 0.3 is 0 Å². The minimum absolute atomic E-state index is 0.0965. The SMILES string of the molecule is Cc1[nH]nc(S(=O)(=O)Nc2ccccc2)c1C(=O)Nc1cccc(C#N)c1. The monoisotopic (exact) mass is 381 g/mol. The molecule has 0 atom stereocenters. The van der Waals surface area contributed by atoms with Gasteiger partial charge < -0.3 is 5.32 Å². The number of benzene rings is 2. The first-order valence-corrected chi connectivity index (χ1v) is 9.33. The van der Waals surface area contributed by atoms with Crippen LogP contribution in [0.15, 0.2) is 59.6 Å². The predicted octanol–water partition coefficient (Wildman–Crippen LogP) is 2.64. The number of aryl methyl sites for hydroxylation is 1. The highest BCUT2D eigenvalue weighted by molar-refractivity contribution is 7.92. The summed E-state index contributed by atoms with van der Waals surface area (Å²) in [7, 11) is -4.08. The molecule has 0 fully saturated rings. The van der Waals surface area contributed by atoms with E-state index in [1.807, 2.05) is 6.07 Å². The number of nitriles is 1. The summed E-state index contributed by atoms with van der Waals surface area (Å²) in [5.41, 5.74) is 1.30. The van der Waals surface area contributed by atoms with Crippen LogP contribution in [-0.2, 0) is 10.0 Å². The van der Waals surface area contributed by atoms with Crippen molar-refractivity contribution in [1.82, 2.24) is 10.2 Å². The number of amides is 1. The third-order valence-corrected chi connectivity index (χ3v) is 4.98. The minimum atomic E-state index is -4.08. The lowest BCUT2D eigenvalue weighted by atomic mass is 10.2. The number of nitrogens with one attached hydrogen (secondary N) is 3. The van der Waals surface area contributed by atoms with Crippen LogP contribution in [0.1, 0.15) is 21.6 Å². The van der Waals surface area contributed by atoms with Crippen LogP contribution >= 0.6 is 0 Å². The Kier molecular flexibility index (Phi) is 4.92. The molecule has 0 unspecified atom stereocenters. The Morgan fingerprint density at radius 3 is 2.52 bits per heavy atom. The fraction of sp³-hybridized carbons (Fsp3) is 0.0556. The molecule has 1 heterocycles. The molecular weight excluding hydrogens is 366 g/mol. The van der Waals surface area contributed by atoms with E-state index < -0.39 is 21.0 Å². The maximum Gasteiger partial charge on any atom is 0.282 e. The van der Waals surface area contributed by atoms with Crippen molar-refractivity contribution in [2.75, 3.05) is 10.0 Å². The number of rotatable bonds is 5. The summed E-state index contributed by atoms with van der Waals surface area (Å²) < 4.78 is 27.7. The Morgan fingerprint density at radius 1 is 1.11 bits per heavy atom. The fourth-order valence-corrected chi connectivity index (χ4v) is 3.66. The summed E-state index contributed by atoms with van der Waals surface area (Å²) in [6.45, 7) is 1.55. The van der Waals surface area contributed by atoms with Gasteiger partial charge in [0, 0.05) is 17.1 Å². The average Bonchev–Trinajstić information content (AvgIpc) is 3.05. The van der Waals surface area contributed by atoms with E-state index in [0.717, 1.165) is 0 Å². The molecule has 0 spiro atoms. The lowest BCUT2D eigenvalue weighted by Gasteiger charge is -2.09. The number of H-pyrrole nitrogens is 1. The van der Waals surface area contributed by atoms with E-state index in [0.29, 0.717) is 22.6 Å². The number of hydrogen-bond donors (Lipinski definition) is 3. The molecular formula is C18H15N5O3S. The van der Waals surface area contributed by atoms with Crippen molar-refractivity contribution in [3.63, 3.8) is 0 Å². The predicted molar refractivity (Wildman–Crippen MR) is 99.7 cm³/mol. The lowest BCUT2D eigenvalue weighted by molar-refractivity contribution is 0.102. The zero-order chi connectivity index (χ0) is 19.4. The Hall–Kier alpha value is -3.64. The van der Waals surface area contributed by atoms with Gasteiger partial charge in [-0.2, -0.15) is 18.8 Å². The second kappa shape index (κ2) is 7.31. The van der Waals surface area contributed by atoms with E-state index in [2.05, 4.69) is 20.2 Å². The number of sulfonamides is 1. The minimum Gasteiger partial charge on any atom is -0.322 e. The first kappa shape index (κ1) is 18.2. The Labute approximate surface area is 155 Å². The summed E-state index contributed by atoms with van der Waals surface area (Å²) in [5, 5.41) is 17.5. The zero-order valence-corrected chi connectivity index (χ0v) is 15.0. The highest BCUT2D eigenvalue weighted by Gasteiger charge is 2.28. The molecule has 0 saturated carbocycles. The largest absolute Gasteiger partial charge is 0.322 e. The number of aromatic amines is 1. The van der Waals surface area contributed by atoms with Gasteiger partial charge in [0.1, 0.15) is 5.56 Å². The highest BCUT2D eigenvalue weighted by atomic mass is 32.2. The molecule has 0 aliphatic rings. The van der Waals surface area contributed by atoms with Crippen molar-refractivity contribution < 1.29 is 13.2 Å². The first-order chi connectivity index (χ1) is 12.9. The van der Waals surface area contributed by atoms with Crippen molar-refractivity contribution in [1.29, 1.82) is 5.26 Å². The molecule has 0 aliphatic carbocycles. The van der Waals surface area contributed by atoms with E-state index in [1.54, 1.807) is 55.5 Å². The van der Waals surface area contributed by atoms with E-state index in [9.17, 15) is 13.2 Å². The van der Waals surface area contributed by atoms with Crippen LogP contribution in [-0.4, -0.2) is 24.5 Å². The number of nitrogens with zero attached hydrogens (tertiary/aromatic N) is 2. The molecule has 3 aromatic rings. The second-order valence-electron chi connectivity index (χ2n) is 5.65. The lowest BCUT2D eigenvalue weighted by Crippen LogP contribution is -2.20. The van der Waals surface area contributed by atoms with Crippen LogP contribution < -0.4 is 10.0 Å². The molecule has 2 aromatic carbocycles. The average molecular weight is 381 g/mol. The Balaban J connectivity index is 1.92. The number of aromatic nitrogens is 2. The van der Waals surface area contributed by atoms with Crippen molar-refractivity contribution in [2.24, 2.45) is 0 Å². The normalized spacial score (nSPS) is 10.8. The molecule has 3 rings (SSSR count). The quantitative estimate of drug-likeness (QED) is 0.626. The Bertz CT molecular complexity index is 1130. The molecule has 1 amide bonds. The van der Waals surface area contributed by atoms with Crippen molar-refractivity contribution in [3.05, 3.63) is 71.4 Å². The molecule has 3 N–H and O–H groups in total. The fourth-order valence-electron chi connectivity index (χ4n) is 2.44. The van der Waals surface area contributed by atoms with Gasteiger partial charge in [-0.05, 0) is 37.3 Å². The molecule has 0 aliphatic heterocycles. The van der Waals surface area contributed by atoms with E-state index in [4.69, 9.17) is 5.26 Å². The van der Waals surface area contributed by atoms with E-state index >= 15 is 0 Å². The number of para-hydroxylation sites is 1. The van der Waals surface area contributed by atoms with Crippen LogP contribution in [0.25, 0.3) is 0 Å². The first-order valence-electron chi connectivity index (χ1n) is 7.85. The van der Waals surface area contributed by atoms with Gasteiger partial charge in [-0.1, -0.05) is 24.3 Å². The van der Waals surface area contributed by atoms with Gasteiger partial charge in [0.15, 0.2) is 0 Å². The molecule has 9 heteroatoms. The van der Waals surface area contributed by atoms with Gasteiger partial charge in [0.2, 0.25) is 5.03 Å². The molecule has 0 saturated heterocycles. The van der Waals surface area contributed by atoms with E-state index in [1.165, 1.54) is 6.07 Å². The van der Waals surface area contributed by atoms with Crippen molar-refractivity contribution in [2.45, 2.75) is 11.9 Å². The second-order valence-corrected chi connectivity index (χ2v) is 7.24. The van der Waals surface area contributed by atoms with Crippen molar-refractivity contribution >= 4 is 27.3 Å². The standard InChI is InChI=1S/C18H15N5O3S/c1-12-16(17(24)20-15-9-5-6-13(10-15)11-19)18(22-21-12)27(25,26)23-14-7-3-2-4-8-14/h2-10,23H,1H3,(H,20,24)(H,21,22). The molecule has 136 valence electrons. The smallest absolute Gasteiger partial charge is 0.282 e. The summed E-state index contributed by atoms with van der Waals surface area (Å²) in [4.78, 5) is 12.7. The summed E-state index contributed by atoms with van der Waals surface area (Å²) in [5.74, 6) is -0.648. The van der Waals surface area contributed by atoms with Crippen LogP contribution in [0.5, 0.6) is 0 Å². The number of carbonyl (C=O) groups is 1. The van der Waals surface area contributed by atoms with Crippen LogP contribution in [0, 0.1) is 18.3 Å². The van der Waals surface area contributed by atoms with Gasteiger partial charge in [-0.3, -0.25) is 14.6 Å². The van der Waals surface area contributed by atoms with Crippen molar-refractivity contribution in [3.8, 4) is 6.07 Å².